The van der Waals surface area contributed by atoms with Crippen molar-refractivity contribution in [2.45, 2.75) is 18.6 Å². The topological polar surface area (TPSA) is 47.6 Å². The minimum Gasteiger partial charge on any atom is -0.192 e. The van der Waals surface area contributed by atoms with E-state index < -0.39 is 0 Å². The van der Waals surface area contributed by atoms with Crippen molar-refractivity contribution in [3.8, 4) is 12.1 Å². The third-order valence-electron chi connectivity index (χ3n) is 2.04. The summed E-state index contributed by atoms with van der Waals surface area (Å²) in [5, 5.41) is 17.4. The quantitative estimate of drug-likeness (QED) is 0.614. The fourth-order valence-electron chi connectivity index (χ4n) is 1.24. The molecule has 0 aromatic rings. The van der Waals surface area contributed by atoms with Crippen LogP contribution in [0.15, 0.2) is 34.8 Å². The first kappa shape index (κ1) is 10.6. The van der Waals surface area contributed by atoms with Crippen molar-refractivity contribution >= 4 is 11.8 Å². The van der Waals surface area contributed by atoms with Crippen LogP contribution in [0.3, 0.4) is 0 Å². The smallest absolute Gasteiger partial charge is 0.143 e. The lowest BCUT2D eigenvalue weighted by Gasteiger charge is -2.18. The van der Waals surface area contributed by atoms with Gasteiger partial charge in [-0.2, -0.15) is 10.5 Å². The summed E-state index contributed by atoms with van der Waals surface area (Å²) in [6.07, 6.45) is 3.63. The van der Waals surface area contributed by atoms with Gasteiger partial charge in [0.15, 0.2) is 0 Å². The fourth-order valence-corrected chi connectivity index (χ4v) is 2.43. The van der Waals surface area contributed by atoms with E-state index in [0.29, 0.717) is 0 Å². The second-order valence-corrected chi connectivity index (χ2v) is 5.04. The van der Waals surface area contributed by atoms with Crippen molar-refractivity contribution < 1.29 is 0 Å². The Labute approximate surface area is 88.2 Å². The van der Waals surface area contributed by atoms with Gasteiger partial charge in [-0.15, -0.1) is 11.8 Å². The van der Waals surface area contributed by atoms with Gasteiger partial charge in [-0.05, 0) is 25.5 Å². The van der Waals surface area contributed by atoms with Crippen LogP contribution in [-0.4, -0.2) is 4.75 Å². The van der Waals surface area contributed by atoms with Crippen molar-refractivity contribution in [3.63, 3.8) is 0 Å². The molecular formula is C11H10N2S. The Morgan fingerprint density at radius 2 is 2.07 bits per heavy atom. The number of hydrogen-bond donors (Lipinski definition) is 0. The monoisotopic (exact) mass is 202 g/mol. The maximum Gasteiger partial charge on any atom is 0.143 e. The van der Waals surface area contributed by atoms with Crippen molar-refractivity contribution in [2.75, 3.05) is 0 Å². The van der Waals surface area contributed by atoms with Gasteiger partial charge in [0.2, 0.25) is 0 Å². The Kier molecular flexibility index (Phi) is 2.84. The molecule has 1 aliphatic rings. The molecule has 0 bridgehead atoms. The molecule has 0 unspecified atom stereocenters. The van der Waals surface area contributed by atoms with E-state index in [1.54, 1.807) is 6.08 Å². The molecule has 0 radical (unpaired) electrons. The number of thioether (sulfide) groups is 1. The van der Waals surface area contributed by atoms with Crippen molar-refractivity contribution in [1.29, 1.82) is 10.5 Å². The first-order valence-electron chi connectivity index (χ1n) is 4.13. The van der Waals surface area contributed by atoms with Gasteiger partial charge in [0.1, 0.15) is 17.7 Å². The number of rotatable bonds is 1. The minimum atomic E-state index is -0.0873. The van der Waals surface area contributed by atoms with E-state index in [4.69, 9.17) is 10.5 Å². The normalized spacial score (nSPS) is 18.0. The molecule has 0 aliphatic carbocycles. The molecular weight excluding hydrogens is 192 g/mol. The van der Waals surface area contributed by atoms with E-state index in [-0.39, 0.29) is 10.3 Å². The lowest BCUT2D eigenvalue weighted by atomic mass is 10.0. The molecule has 2 nitrogen and oxygen atoms in total. The molecule has 70 valence electrons. The van der Waals surface area contributed by atoms with Crippen LogP contribution >= 0.6 is 11.8 Å². The predicted molar refractivity (Wildman–Crippen MR) is 58.2 cm³/mol. The summed E-state index contributed by atoms with van der Waals surface area (Å²) in [6.45, 7) is 7.81. The largest absolute Gasteiger partial charge is 0.192 e. The van der Waals surface area contributed by atoms with Gasteiger partial charge < -0.3 is 0 Å². The van der Waals surface area contributed by atoms with Crippen LogP contribution in [0.4, 0.5) is 0 Å². The molecule has 3 heteroatoms. The van der Waals surface area contributed by atoms with E-state index in [9.17, 15) is 0 Å². The van der Waals surface area contributed by atoms with E-state index >= 15 is 0 Å². The maximum absolute atomic E-state index is 8.72. The lowest BCUT2D eigenvalue weighted by molar-refractivity contribution is 0.870. The highest BCUT2D eigenvalue weighted by atomic mass is 32.2. The Morgan fingerprint density at radius 3 is 2.43 bits per heavy atom. The van der Waals surface area contributed by atoms with Crippen LogP contribution in [0.1, 0.15) is 13.8 Å². The zero-order chi connectivity index (χ0) is 10.8. The van der Waals surface area contributed by atoms with Crippen molar-refractivity contribution in [1.82, 2.24) is 0 Å². The second-order valence-electron chi connectivity index (χ2n) is 3.38. The van der Waals surface area contributed by atoms with Crippen molar-refractivity contribution in [2.24, 2.45) is 0 Å². The first-order valence-corrected chi connectivity index (χ1v) is 4.95. The summed E-state index contributed by atoms with van der Waals surface area (Å²) < 4.78 is -0.0873. The van der Waals surface area contributed by atoms with Crippen molar-refractivity contribution in [3.05, 3.63) is 34.8 Å². The number of allylic oxidation sites excluding steroid dienone is 3. The summed E-state index contributed by atoms with van der Waals surface area (Å²) in [5.74, 6) is 0. The number of nitrogens with zero attached hydrogens (tertiary/aromatic N) is 2. The first-order chi connectivity index (χ1) is 6.55. The Balaban J connectivity index is 3.22. The standard InChI is InChI=1S/C11H10N2S/c1-4-9-5-10(8(6-12)7-13)14-11(9,2)3/h4-5H,1H2,2-3H3. The van der Waals surface area contributed by atoms with Gasteiger partial charge in [-0.25, -0.2) is 0 Å². The Bertz CT molecular complexity index is 398. The van der Waals surface area contributed by atoms with E-state index in [2.05, 4.69) is 6.58 Å². The Morgan fingerprint density at radius 1 is 1.50 bits per heavy atom. The van der Waals surface area contributed by atoms with Crippen LogP contribution in [-0.2, 0) is 0 Å². The highest BCUT2D eigenvalue weighted by Gasteiger charge is 2.30. The molecule has 0 saturated carbocycles. The van der Waals surface area contributed by atoms with E-state index in [1.807, 2.05) is 32.1 Å². The second kappa shape index (κ2) is 3.74. The van der Waals surface area contributed by atoms with Gasteiger partial charge in [0.25, 0.3) is 0 Å². The molecule has 0 fully saturated rings. The maximum atomic E-state index is 8.72. The molecule has 0 atom stereocenters. The lowest BCUT2D eigenvalue weighted by Crippen LogP contribution is -2.12. The molecule has 0 amide bonds. The molecule has 1 heterocycles. The zero-order valence-electron chi connectivity index (χ0n) is 8.16. The molecule has 14 heavy (non-hydrogen) atoms. The van der Waals surface area contributed by atoms with Crippen LogP contribution in [0, 0.1) is 22.7 Å². The molecule has 1 rings (SSSR count). The molecule has 0 N–H and O–H groups in total. The van der Waals surface area contributed by atoms with Gasteiger partial charge in [0.05, 0.1) is 0 Å². The molecule has 0 spiro atoms. The van der Waals surface area contributed by atoms with Gasteiger partial charge in [0, 0.05) is 9.65 Å². The van der Waals surface area contributed by atoms with Gasteiger partial charge in [-0.3, -0.25) is 0 Å². The SMILES string of the molecule is C=CC1=CC(=C(C#N)C#N)SC1(C)C. The third kappa shape index (κ3) is 1.73. The van der Waals surface area contributed by atoms with E-state index in [0.717, 1.165) is 10.5 Å². The number of hydrogen-bond acceptors (Lipinski definition) is 3. The van der Waals surface area contributed by atoms with E-state index in [1.165, 1.54) is 11.8 Å². The van der Waals surface area contributed by atoms with Crippen LogP contribution in [0.25, 0.3) is 0 Å². The molecule has 0 saturated heterocycles. The third-order valence-corrected chi connectivity index (χ3v) is 3.32. The zero-order valence-corrected chi connectivity index (χ0v) is 8.98. The van der Waals surface area contributed by atoms with Gasteiger partial charge in [-0.1, -0.05) is 12.7 Å². The summed E-state index contributed by atoms with van der Waals surface area (Å²) in [6, 6.07) is 3.79. The fraction of sp³-hybridized carbons (Fsp3) is 0.273. The average molecular weight is 202 g/mol. The minimum absolute atomic E-state index is 0.0873. The van der Waals surface area contributed by atoms with Crippen LogP contribution in [0.2, 0.25) is 0 Å². The summed E-state index contributed by atoms with van der Waals surface area (Å²) in [5.41, 5.74) is 1.24. The molecule has 0 aromatic heterocycles. The summed E-state index contributed by atoms with van der Waals surface area (Å²) in [4.78, 5) is 0.745. The molecule has 0 aromatic carbocycles. The number of nitriles is 2. The average Bonchev–Trinajstić information content (AvgIpc) is 2.43. The van der Waals surface area contributed by atoms with Crippen LogP contribution < -0.4 is 0 Å². The molecule has 1 aliphatic heterocycles. The van der Waals surface area contributed by atoms with Crippen LogP contribution in [0.5, 0.6) is 0 Å². The summed E-state index contributed by atoms with van der Waals surface area (Å²) in [7, 11) is 0. The highest BCUT2D eigenvalue weighted by Crippen LogP contribution is 2.46. The highest BCUT2D eigenvalue weighted by molar-refractivity contribution is 8.05. The Hall–Kier alpha value is -1.45. The predicted octanol–water partition coefficient (Wildman–Crippen LogP) is 2.93. The summed E-state index contributed by atoms with van der Waals surface area (Å²) >= 11 is 1.53. The van der Waals surface area contributed by atoms with Gasteiger partial charge >= 0.3 is 0 Å².